The summed E-state index contributed by atoms with van der Waals surface area (Å²) in [6.45, 7) is 6.90. The molecule has 0 aromatic rings. The first-order valence-electron chi connectivity index (χ1n) is 6.39. The van der Waals surface area contributed by atoms with Gasteiger partial charge in [0, 0.05) is 6.61 Å². The number of carboxylic acid groups (broad SMARTS) is 1. The van der Waals surface area contributed by atoms with Crippen molar-refractivity contribution in [3.05, 3.63) is 0 Å². The lowest BCUT2D eigenvalue weighted by Crippen LogP contribution is -2.46. The first-order chi connectivity index (χ1) is 7.52. The lowest BCUT2D eigenvalue weighted by atomic mass is 9.73. The number of ether oxygens (including phenoxy) is 1. The maximum atomic E-state index is 11.4. The quantitative estimate of drug-likeness (QED) is 0.786. The van der Waals surface area contributed by atoms with Crippen molar-refractivity contribution in [2.24, 2.45) is 11.8 Å². The number of carbonyl (C=O) groups is 1. The molecule has 2 unspecified atom stereocenters. The van der Waals surface area contributed by atoms with E-state index in [1.54, 1.807) is 0 Å². The minimum absolute atomic E-state index is 0.488. The summed E-state index contributed by atoms with van der Waals surface area (Å²) in [5, 5.41) is 9.39. The molecule has 0 amide bonds. The van der Waals surface area contributed by atoms with Crippen LogP contribution in [-0.2, 0) is 9.53 Å². The van der Waals surface area contributed by atoms with E-state index in [0.717, 1.165) is 19.3 Å². The number of rotatable bonds is 5. The minimum atomic E-state index is -0.900. The fourth-order valence-electron chi connectivity index (χ4n) is 2.53. The fourth-order valence-corrected chi connectivity index (χ4v) is 2.53. The average molecular weight is 228 g/mol. The predicted octanol–water partition coefficient (Wildman–Crippen LogP) is 3.08. The van der Waals surface area contributed by atoms with Crippen LogP contribution >= 0.6 is 0 Å². The third kappa shape index (κ3) is 2.97. The Morgan fingerprint density at radius 2 is 2.25 bits per heavy atom. The van der Waals surface area contributed by atoms with Gasteiger partial charge >= 0.3 is 5.97 Å². The van der Waals surface area contributed by atoms with Gasteiger partial charge in [-0.3, -0.25) is 0 Å². The van der Waals surface area contributed by atoms with Gasteiger partial charge in [-0.15, -0.1) is 0 Å². The lowest BCUT2D eigenvalue weighted by Gasteiger charge is -2.39. The monoisotopic (exact) mass is 228 g/mol. The Morgan fingerprint density at radius 1 is 1.56 bits per heavy atom. The van der Waals surface area contributed by atoms with Crippen LogP contribution in [0.25, 0.3) is 0 Å². The molecule has 0 heterocycles. The van der Waals surface area contributed by atoms with Crippen LogP contribution in [0.15, 0.2) is 0 Å². The molecular formula is C13H24O3. The third-order valence-electron chi connectivity index (χ3n) is 3.66. The minimum Gasteiger partial charge on any atom is -0.479 e. The largest absolute Gasteiger partial charge is 0.479 e. The van der Waals surface area contributed by atoms with Crippen LogP contribution in [0.1, 0.15) is 52.9 Å². The van der Waals surface area contributed by atoms with Gasteiger partial charge < -0.3 is 9.84 Å². The van der Waals surface area contributed by atoms with Gasteiger partial charge in [0.1, 0.15) is 0 Å². The molecule has 1 saturated carbocycles. The standard InChI is InChI=1S/C13H24O3/c1-4-8-16-13(12(14)15)7-5-6-11(9-13)10(2)3/h10-11H,4-9H2,1-3H3,(H,14,15). The van der Waals surface area contributed by atoms with E-state index in [2.05, 4.69) is 13.8 Å². The molecule has 1 rings (SSSR count). The first kappa shape index (κ1) is 13.5. The second-order valence-electron chi connectivity index (χ2n) is 5.25. The third-order valence-corrected chi connectivity index (χ3v) is 3.66. The molecule has 0 spiro atoms. The Hall–Kier alpha value is -0.570. The number of hydrogen-bond donors (Lipinski definition) is 1. The molecular weight excluding hydrogens is 204 g/mol. The topological polar surface area (TPSA) is 46.5 Å². The molecule has 1 fully saturated rings. The molecule has 16 heavy (non-hydrogen) atoms. The zero-order chi connectivity index (χ0) is 12.2. The molecule has 0 aromatic heterocycles. The molecule has 0 aromatic carbocycles. The second-order valence-corrected chi connectivity index (χ2v) is 5.25. The maximum Gasteiger partial charge on any atom is 0.335 e. The summed E-state index contributed by atoms with van der Waals surface area (Å²) in [6.07, 6.45) is 4.34. The van der Waals surface area contributed by atoms with Crippen molar-refractivity contribution in [3.8, 4) is 0 Å². The van der Waals surface area contributed by atoms with E-state index in [-0.39, 0.29) is 0 Å². The van der Waals surface area contributed by atoms with Crippen LogP contribution in [0.3, 0.4) is 0 Å². The average Bonchev–Trinajstić information content (AvgIpc) is 2.26. The van der Waals surface area contributed by atoms with Gasteiger partial charge in [-0.2, -0.15) is 0 Å². The van der Waals surface area contributed by atoms with Crippen molar-refractivity contribution in [1.82, 2.24) is 0 Å². The Balaban J connectivity index is 2.72. The molecule has 0 saturated heterocycles. The molecule has 0 radical (unpaired) electrons. The fraction of sp³-hybridized carbons (Fsp3) is 0.923. The van der Waals surface area contributed by atoms with Crippen LogP contribution in [0.5, 0.6) is 0 Å². The molecule has 1 aliphatic rings. The van der Waals surface area contributed by atoms with Crippen molar-refractivity contribution in [2.75, 3.05) is 6.61 Å². The van der Waals surface area contributed by atoms with Crippen molar-refractivity contribution in [3.63, 3.8) is 0 Å². The van der Waals surface area contributed by atoms with Gasteiger partial charge in [-0.1, -0.05) is 20.8 Å². The normalized spacial score (nSPS) is 30.6. The number of carboxylic acids is 1. The number of aliphatic carboxylic acids is 1. The highest BCUT2D eigenvalue weighted by Gasteiger charge is 2.44. The van der Waals surface area contributed by atoms with Crippen LogP contribution in [-0.4, -0.2) is 23.3 Å². The van der Waals surface area contributed by atoms with E-state index in [1.807, 2.05) is 6.92 Å². The molecule has 0 bridgehead atoms. The lowest BCUT2D eigenvalue weighted by molar-refractivity contribution is -0.174. The smallest absolute Gasteiger partial charge is 0.335 e. The van der Waals surface area contributed by atoms with Crippen molar-refractivity contribution < 1.29 is 14.6 Å². The Morgan fingerprint density at radius 3 is 2.75 bits per heavy atom. The summed E-state index contributed by atoms with van der Waals surface area (Å²) in [5.41, 5.74) is -0.900. The molecule has 1 aliphatic carbocycles. The summed E-state index contributed by atoms with van der Waals surface area (Å²) >= 11 is 0. The van der Waals surface area contributed by atoms with E-state index in [9.17, 15) is 9.90 Å². The summed E-state index contributed by atoms with van der Waals surface area (Å²) in [4.78, 5) is 11.4. The van der Waals surface area contributed by atoms with Gasteiger partial charge in [0.25, 0.3) is 0 Å². The van der Waals surface area contributed by atoms with Crippen molar-refractivity contribution in [1.29, 1.82) is 0 Å². The van der Waals surface area contributed by atoms with Crippen LogP contribution < -0.4 is 0 Å². The Bertz CT molecular complexity index is 237. The summed E-state index contributed by atoms with van der Waals surface area (Å²) < 4.78 is 5.66. The molecule has 1 N–H and O–H groups in total. The zero-order valence-electron chi connectivity index (χ0n) is 10.7. The van der Waals surface area contributed by atoms with E-state index >= 15 is 0 Å². The zero-order valence-corrected chi connectivity index (χ0v) is 10.7. The summed E-state index contributed by atoms with van der Waals surface area (Å²) in [6, 6.07) is 0. The van der Waals surface area contributed by atoms with Gasteiger partial charge in [0.2, 0.25) is 0 Å². The second kappa shape index (κ2) is 5.67. The SMILES string of the molecule is CCCOC1(C(=O)O)CCCC(C(C)C)C1. The van der Waals surface area contributed by atoms with E-state index < -0.39 is 11.6 Å². The molecule has 94 valence electrons. The maximum absolute atomic E-state index is 11.4. The van der Waals surface area contributed by atoms with Crippen LogP contribution in [0, 0.1) is 11.8 Å². The first-order valence-corrected chi connectivity index (χ1v) is 6.39. The molecule has 0 aliphatic heterocycles. The van der Waals surface area contributed by atoms with Crippen LogP contribution in [0.4, 0.5) is 0 Å². The van der Waals surface area contributed by atoms with E-state index in [4.69, 9.17) is 4.74 Å². The van der Waals surface area contributed by atoms with E-state index in [0.29, 0.717) is 31.3 Å². The van der Waals surface area contributed by atoms with Crippen molar-refractivity contribution in [2.45, 2.75) is 58.5 Å². The number of hydrogen-bond acceptors (Lipinski definition) is 2. The van der Waals surface area contributed by atoms with Gasteiger partial charge in [-0.05, 0) is 43.9 Å². The molecule has 3 nitrogen and oxygen atoms in total. The van der Waals surface area contributed by atoms with E-state index in [1.165, 1.54) is 0 Å². The molecule has 3 heteroatoms. The van der Waals surface area contributed by atoms with Gasteiger partial charge in [0.05, 0.1) is 0 Å². The van der Waals surface area contributed by atoms with Gasteiger partial charge in [-0.25, -0.2) is 4.79 Å². The molecule has 2 atom stereocenters. The Kier molecular flexibility index (Phi) is 4.78. The summed E-state index contributed by atoms with van der Waals surface area (Å²) in [5.74, 6) is 0.261. The highest BCUT2D eigenvalue weighted by atomic mass is 16.5. The predicted molar refractivity (Wildman–Crippen MR) is 63.4 cm³/mol. The highest BCUT2D eigenvalue weighted by molar-refractivity contribution is 5.77. The van der Waals surface area contributed by atoms with Crippen LogP contribution in [0.2, 0.25) is 0 Å². The van der Waals surface area contributed by atoms with Gasteiger partial charge in [0.15, 0.2) is 5.60 Å². The van der Waals surface area contributed by atoms with Crippen molar-refractivity contribution >= 4 is 5.97 Å². The highest BCUT2D eigenvalue weighted by Crippen LogP contribution is 2.39. The summed E-state index contributed by atoms with van der Waals surface area (Å²) in [7, 11) is 0. The Labute approximate surface area is 98.2 Å².